The van der Waals surface area contributed by atoms with Crippen molar-refractivity contribution in [2.45, 2.75) is 16.8 Å². The van der Waals surface area contributed by atoms with E-state index in [1.807, 2.05) is 0 Å². The second-order valence-corrected chi connectivity index (χ2v) is 7.08. The molecule has 132 valence electrons. The standard InChI is InChI=1S/C15H10F3NO5S/c16-15(17,18)10-1-3-12(4-2-10)25(22,23)19-13(21)9-24-14(19)7-5-11(20)6-8-14/h1-8H,9H2. The topological polar surface area (TPSA) is 80.8 Å². The van der Waals surface area contributed by atoms with Crippen LogP contribution in [0.4, 0.5) is 13.2 Å². The molecule has 25 heavy (non-hydrogen) atoms. The molecule has 1 fully saturated rings. The van der Waals surface area contributed by atoms with Gasteiger partial charge in [-0.05, 0) is 48.6 Å². The Morgan fingerprint density at radius 3 is 2.12 bits per heavy atom. The molecule has 0 radical (unpaired) electrons. The minimum absolute atomic E-state index is 0.416. The molecule has 0 N–H and O–H groups in total. The van der Waals surface area contributed by atoms with Crippen molar-refractivity contribution < 1.29 is 35.9 Å². The fraction of sp³-hybridized carbons (Fsp3) is 0.200. The van der Waals surface area contributed by atoms with Gasteiger partial charge in [0.2, 0.25) is 0 Å². The van der Waals surface area contributed by atoms with Crippen LogP contribution in [0.25, 0.3) is 0 Å². The second-order valence-electron chi connectivity index (χ2n) is 5.29. The number of amides is 1. The highest BCUT2D eigenvalue weighted by Crippen LogP contribution is 2.36. The molecule has 1 aromatic carbocycles. The number of allylic oxidation sites excluding steroid dienone is 2. The quantitative estimate of drug-likeness (QED) is 0.787. The highest BCUT2D eigenvalue weighted by Gasteiger charge is 2.51. The molecular formula is C15H10F3NO5S. The number of ketones is 1. The van der Waals surface area contributed by atoms with Crippen LogP contribution in [0.3, 0.4) is 0 Å². The van der Waals surface area contributed by atoms with Crippen LogP contribution in [-0.4, -0.2) is 36.7 Å². The van der Waals surface area contributed by atoms with Crippen LogP contribution in [0.15, 0.2) is 53.5 Å². The predicted octanol–water partition coefficient (Wildman–Crippen LogP) is 1.64. The number of rotatable bonds is 2. The molecule has 6 nitrogen and oxygen atoms in total. The lowest BCUT2D eigenvalue weighted by molar-refractivity contribution is -0.137. The minimum atomic E-state index is -4.62. The summed E-state index contributed by atoms with van der Waals surface area (Å²) in [6, 6.07) is 2.74. The van der Waals surface area contributed by atoms with Gasteiger partial charge < -0.3 is 4.74 Å². The molecule has 1 amide bonds. The predicted molar refractivity (Wildman–Crippen MR) is 77.4 cm³/mol. The molecule has 0 atom stereocenters. The molecule has 0 saturated carbocycles. The van der Waals surface area contributed by atoms with Crippen molar-refractivity contribution in [1.29, 1.82) is 0 Å². The third-order valence-electron chi connectivity index (χ3n) is 3.66. The maximum absolute atomic E-state index is 12.8. The fourth-order valence-corrected chi connectivity index (χ4v) is 4.04. The van der Waals surface area contributed by atoms with E-state index in [4.69, 9.17) is 4.74 Å². The lowest BCUT2D eigenvalue weighted by atomic mass is 10.1. The Hall–Kier alpha value is -2.46. The number of halogens is 3. The molecule has 1 aliphatic heterocycles. The van der Waals surface area contributed by atoms with Crippen molar-refractivity contribution in [3.63, 3.8) is 0 Å². The average Bonchev–Trinajstić information content (AvgIpc) is 2.87. The van der Waals surface area contributed by atoms with Crippen LogP contribution in [0, 0.1) is 0 Å². The van der Waals surface area contributed by atoms with Gasteiger partial charge in [0.1, 0.15) is 6.61 Å². The largest absolute Gasteiger partial charge is 0.416 e. The number of sulfonamides is 1. The lowest BCUT2D eigenvalue weighted by Gasteiger charge is -2.31. The van der Waals surface area contributed by atoms with Gasteiger partial charge in [-0.15, -0.1) is 0 Å². The van der Waals surface area contributed by atoms with E-state index < -0.39 is 50.7 Å². The van der Waals surface area contributed by atoms with E-state index in [0.717, 1.165) is 36.4 Å². The summed E-state index contributed by atoms with van der Waals surface area (Å²) in [5.41, 5.74) is -2.82. The highest BCUT2D eigenvalue weighted by molar-refractivity contribution is 7.89. The first-order valence-corrected chi connectivity index (χ1v) is 8.32. The van der Waals surface area contributed by atoms with E-state index in [0.29, 0.717) is 16.4 Å². The van der Waals surface area contributed by atoms with Gasteiger partial charge in [-0.2, -0.15) is 17.5 Å². The van der Waals surface area contributed by atoms with Gasteiger partial charge in [0.05, 0.1) is 10.5 Å². The Labute approximate surface area is 140 Å². The molecule has 1 saturated heterocycles. The molecule has 3 rings (SSSR count). The van der Waals surface area contributed by atoms with Crippen molar-refractivity contribution in [3.05, 3.63) is 54.1 Å². The van der Waals surface area contributed by atoms with Crippen LogP contribution in [0.1, 0.15) is 5.56 Å². The number of hydrogen-bond acceptors (Lipinski definition) is 5. The summed E-state index contributed by atoms with van der Waals surface area (Å²) in [6.07, 6.45) is -0.295. The van der Waals surface area contributed by atoms with Crippen molar-refractivity contribution >= 4 is 21.7 Å². The molecular weight excluding hydrogens is 363 g/mol. The molecule has 0 unspecified atom stereocenters. The van der Waals surface area contributed by atoms with Crippen molar-refractivity contribution in [2.75, 3.05) is 6.61 Å². The number of ether oxygens (including phenoxy) is 1. The van der Waals surface area contributed by atoms with E-state index in [2.05, 4.69) is 0 Å². The van der Waals surface area contributed by atoms with E-state index >= 15 is 0 Å². The summed E-state index contributed by atoms with van der Waals surface area (Å²) in [5, 5.41) is 0. The Bertz CT molecular complexity index is 884. The van der Waals surface area contributed by atoms with Crippen LogP contribution < -0.4 is 0 Å². The average molecular weight is 373 g/mol. The zero-order valence-electron chi connectivity index (χ0n) is 12.4. The first kappa shape index (κ1) is 17.4. The van der Waals surface area contributed by atoms with Crippen molar-refractivity contribution in [1.82, 2.24) is 4.31 Å². The number of nitrogens with zero attached hydrogens (tertiary/aromatic N) is 1. The van der Waals surface area contributed by atoms with Crippen LogP contribution >= 0.6 is 0 Å². The SMILES string of the molecule is O=C1C=CC2(C=C1)OCC(=O)N2S(=O)(=O)c1ccc(C(F)(F)F)cc1. The number of benzene rings is 1. The summed E-state index contributed by atoms with van der Waals surface area (Å²) in [7, 11) is -4.50. The smallest absolute Gasteiger partial charge is 0.337 e. The Kier molecular flexibility index (Phi) is 3.84. The fourth-order valence-electron chi connectivity index (χ4n) is 2.48. The lowest BCUT2D eigenvalue weighted by Crippen LogP contribution is -2.48. The van der Waals surface area contributed by atoms with Crippen molar-refractivity contribution in [2.24, 2.45) is 0 Å². The molecule has 10 heteroatoms. The number of carbonyl (C=O) groups is 2. The maximum atomic E-state index is 12.8. The number of hydrogen-bond donors (Lipinski definition) is 0. The van der Waals surface area contributed by atoms with E-state index in [1.165, 1.54) is 0 Å². The molecule has 0 aromatic heterocycles. The zero-order valence-corrected chi connectivity index (χ0v) is 13.2. The summed E-state index contributed by atoms with van der Waals surface area (Å²) >= 11 is 0. The van der Waals surface area contributed by atoms with Gasteiger partial charge in [0, 0.05) is 0 Å². The summed E-state index contributed by atoms with van der Waals surface area (Å²) in [5.74, 6) is -1.32. The van der Waals surface area contributed by atoms with Crippen LogP contribution in [-0.2, 0) is 30.5 Å². The van der Waals surface area contributed by atoms with Gasteiger partial charge in [-0.3, -0.25) is 9.59 Å². The summed E-state index contributed by atoms with van der Waals surface area (Å²) in [4.78, 5) is 22.8. The number of carbonyl (C=O) groups excluding carboxylic acids is 2. The monoisotopic (exact) mass is 373 g/mol. The van der Waals surface area contributed by atoms with Gasteiger partial charge in [-0.1, -0.05) is 0 Å². The first-order chi connectivity index (χ1) is 11.6. The molecule has 1 heterocycles. The van der Waals surface area contributed by atoms with Gasteiger partial charge in [-0.25, -0.2) is 8.42 Å². The highest BCUT2D eigenvalue weighted by atomic mass is 32.2. The van der Waals surface area contributed by atoms with Gasteiger partial charge >= 0.3 is 6.18 Å². The van der Waals surface area contributed by atoms with Crippen LogP contribution in [0.2, 0.25) is 0 Å². The van der Waals surface area contributed by atoms with Crippen LogP contribution in [0.5, 0.6) is 0 Å². The third-order valence-corrected chi connectivity index (χ3v) is 5.50. The minimum Gasteiger partial charge on any atom is -0.337 e. The number of alkyl halides is 3. The first-order valence-electron chi connectivity index (χ1n) is 6.88. The Morgan fingerprint density at radius 1 is 1.04 bits per heavy atom. The third kappa shape index (κ3) is 2.87. The molecule has 2 aliphatic rings. The molecule has 0 bridgehead atoms. The summed E-state index contributed by atoms with van der Waals surface area (Å²) in [6.45, 7) is -0.553. The Morgan fingerprint density at radius 2 is 1.60 bits per heavy atom. The zero-order chi connectivity index (χ0) is 18.5. The maximum Gasteiger partial charge on any atom is 0.416 e. The van der Waals surface area contributed by atoms with E-state index in [9.17, 15) is 31.2 Å². The molecule has 1 spiro atoms. The second kappa shape index (κ2) is 5.53. The van der Waals surface area contributed by atoms with Gasteiger partial charge in [0.25, 0.3) is 15.9 Å². The Balaban J connectivity index is 2.04. The van der Waals surface area contributed by atoms with Crippen molar-refractivity contribution in [3.8, 4) is 0 Å². The van der Waals surface area contributed by atoms with Gasteiger partial charge in [0.15, 0.2) is 11.5 Å². The normalized spacial score (nSPS) is 19.9. The van der Waals surface area contributed by atoms with E-state index in [-0.39, 0.29) is 0 Å². The summed E-state index contributed by atoms with van der Waals surface area (Å²) < 4.78 is 69.0. The molecule has 1 aliphatic carbocycles. The molecule has 1 aromatic rings. The van der Waals surface area contributed by atoms with E-state index in [1.54, 1.807) is 0 Å².